The molecule has 2 heteroatoms. The van der Waals surface area contributed by atoms with Crippen LogP contribution < -0.4 is 9.47 Å². The van der Waals surface area contributed by atoms with Crippen molar-refractivity contribution >= 4 is 0 Å². The van der Waals surface area contributed by atoms with Crippen molar-refractivity contribution in [3.63, 3.8) is 0 Å². The summed E-state index contributed by atoms with van der Waals surface area (Å²) in [5, 5.41) is 0. The lowest BCUT2D eigenvalue weighted by Crippen LogP contribution is -2.20. The predicted octanol–water partition coefficient (Wildman–Crippen LogP) is 5.26. The second kappa shape index (κ2) is 6.27. The largest absolute Gasteiger partial charge is 0.496 e. The van der Waals surface area contributed by atoms with Crippen LogP contribution in [0, 0.1) is 27.7 Å². The van der Waals surface area contributed by atoms with Crippen LogP contribution in [0.15, 0.2) is 24.3 Å². The Kier molecular flexibility index (Phi) is 4.74. The van der Waals surface area contributed by atoms with Gasteiger partial charge in [0.1, 0.15) is 11.5 Å². The molecule has 0 heterocycles. The molecule has 0 radical (unpaired) electrons. The van der Waals surface area contributed by atoms with Crippen molar-refractivity contribution in [1.82, 2.24) is 0 Å². The van der Waals surface area contributed by atoms with E-state index in [0.717, 1.165) is 11.5 Å². The molecule has 0 saturated heterocycles. The molecule has 0 fully saturated rings. The van der Waals surface area contributed by atoms with E-state index in [2.05, 4.69) is 65.8 Å². The van der Waals surface area contributed by atoms with E-state index >= 15 is 0 Å². The van der Waals surface area contributed by atoms with Gasteiger partial charge in [-0.3, -0.25) is 0 Å². The lowest BCUT2D eigenvalue weighted by molar-refractivity contribution is 0.407. The number of rotatable bonds is 4. The summed E-state index contributed by atoms with van der Waals surface area (Å²) in [6.45, 7) is 13.0. The minimum absolute atomic E-state index is 0.0798. The Morgan fingerprint density at radius 1 is 0.609 bits per heavy atom. The van der Waals surface area contributed by atoms with E-state index in [1.807, 2.05) is 0 Å². The molecule has 0 saturated carbocycles. The van der Waals surface area contributed by atoms with Gasteiger partial charge in [0.25, 0.3) is 0 Å². The summed E-state index contributed by atoms with van der Waals surface area (Å²) in [7, 11) is 3.46. The first kappa shape index (κ1) is 17.4. The smallest absolute Gasteiger partial charge is 0.124 e. The third kappa shape index (κ3) is 3.08. The molecule has 2 rings (SSSR count). The number of ether oxygens (including phenoxy) is 2. The molecular formula is C21H28O2. The van der Waals surface area contributed by atoms with Crippen molar-refractivity contribution in [2.24, 2.45) is 0 Å². The van der Waals surface area contributed by atoms with E-state index < -0.39 is 0 Å². The maximum atomic E-state index is 5.50. The van der Waals surface area contributed by atoms with E-state index in [4.69, 9.17) is 9.47 Å². The Labute approximate surface area is 140 Å². The second-order valence-corrected chi connectivity index (χ2v) is 6.91. The third-order valence-corrected chi connectivity index (χ3v) is 4.77. The highest BCUT2D eigenvalue weighted by molar-refractivity contribution is 5.51. The second-order valence-electron chi connectivity index (χ2n) is 6.91. The fraction of sp³-hybridized carbons (Fsp3) is 0.429. The highest BCUT2D eigenvalue weighted by Crippen LogP contribution is 2.38. The van der Waals surface area contributed by atoms with Crippen LogP contribution in [0.25, 0.3) is 0 Å². The zero-order valence-corrected chi connectivity index (χ0v) is 15.6. The van der Waals surface area contributed by atoms with Crippen molar-refractivity contribution in [1.29, 1.82) is 0 Å². The molecule has 2 aromatic carbocycles. The van der Waals surface area contributed by atoms with Crippen molar-refractivity contribution in [3.05, 3.63) is 57.6 Å². The predicted molar refractivity (Wildman–Crippen MR) is 97.1 cm³/mol. The lowest BCUT2D eigenvalue weighted by atomic mass is 9.76. The van der Waals surface area contributed by atoms with Gasteiger partial charge in [-0.15, -0.1) is 0 Å². The minimum atomic E-state index is -0.0798. The molecule has 0 aromatic heterocycles. The summed E-state index contributed by atoms with van der Waals surface area (Å²) in [6, 6.07) is 8.95. The first-order valence-corrected chi connectivity index (χ1v) is 8.03. The molecule has 2 nitrogen and oxygen atoms in total. The lowest BCUT2D eigenvalue weighted by Gasteiger charge is -2.29. The van der Waals surface area contributed by atoms with Crippen LogP contribution in [0.2, 0.25) is 0 Å². The number of aryl methyl sites for hydroxylation is 4. The maximum absolute atomic E-state index is 5.50. The van der Waals surface area contributed by atoms with Crippen LogP contribution in [0.1, 0.15) is 47.2 Å². The quantitative estimate of drug-likeness (QED) is 0.766. The van der Waals surface area contributed by atoms with Gasteiger partial charge in [-0.2, -0.15) is 0 Å². The third-order valence-electron chi connectivity index (χ3n) is 4.77. The van der Waals surface area contributed by atoms with Crippen molar-refractivity contribution < 1.29 is 9.47 Å². The molecule has 124 valence electrons. The highest BCUT2D eigenvalue weighted by atomic mass is 16.5. The Hall–Kier alpha value is -1.96. The summed E-state index contributed by atoms with van der Waals surface area (Å²) < 4.78 is 11.0. The van der Waals surface area contributed by atoms with Gasteiger partial charge in [0, 0.05) is 5.41 Å². The molecule has 23 heavy (non-hydrogen) atoms. The van der Waals surface area contributed by atoms with Gasteiger partial charge in [-0.25, -0.2) is 0 Å². The van der Waals surface area contributed by atoms with E-state index in [1.165, 1.54) is 33.4 Å². The first-order chi connectivity index (χ1) is 10.7. The summed E-state index contributed by atoms with van der Waals surface area (Å²) in [6.07, 6.45) is 0. The van der Waals surface area contributed by atoms with Gasteiger partial charge < -0.3 is 9.47 Å². The standard InChI is InChI=1S/C21H28O2/c1-13-9-17(10-14(2)19(13)22-7)21(5,6)18-11-15(3)20(23-8)16(4)12-18/h9-12H,1-8H3. The normalized spacial score (nSPS) is 11.5. The van der Waals surface area contributed by atoms with Gasteiger partial charge in [0.05, 0.1) is 14.2 Å². The SMILES string of the molecule is COc1c(C)cc(C(C)(C)c2cc(C)c(OC)c(C)c2)cc1C. The average molecular weight is 312 g/mol. The average Bonchev–Trinajstić information content (AvgIpc) is 2.46. The summed E-state index contributed by atoms with van der Waals surface area (Å²) in [5.74, 6) is 1.96. The van der Waals surface area contributed by atoms with Crippen LogP contribution in [0.3, 0.4) is 0 Å². The van der Waals surface area contributed by atoms with Crippen LogP contribution >= 0.6 is 0 Å². The molecule has 0 atom stereocenters. The van der Waals surface area contributed by atoms with Crippen LogP contribution in [-0.4, -0.2) is 14.2 Å². The first-order valence-electron chi connectivity index (χ1n) is 8.03. The van der Waals surface area contributed by atoms with E-state index in [0.29, 0.717) is 0 Å². The fourth-order valence-electron chi connectivity index (χ4n) is 3.43. The molecule has 0 aliphatic rings. The van der Waals surface area contributed by atoms with Crippen molar-refractivity contribution in [2.75, 3.05) is 14.2 Å². The highest BCUT2D eigenvalue weighted by Gasteiger charge is 2.26. The summed E-state index contributed by atoms with van der Waals surface area (Å²) >= 11 is 0. The van der Waals surface area contributed by atoms with Gasteiger partial charge in [-0.05, 0) is 61.1 Å². The Morgan fingerprint density at radius 3 is 1.09 bits per heavy atom. The van der Waals surface area contributed by atoms with Crippen molar-refractivity contribution in [2.45, 2.75) is 47.0 Å². The van der Waals surface area contributed by atoms with E-state index in [9.17, 15) is 0 Å². The number of benzene rings is 2. The minimum Gasteiger partial charge on any atom is -0.496 e. The maximum Gasteiger partial charge on any atom is 0.124 e. The van der Waals surface area contributed by atoms with E-state index in [1.54, 1.807) is 14.2 Å². The molecular weight excluding hydrogens is 284 g/mol. The van der Waals surface area contributed by atoms with Crippen LogP contribution in [0.4, 0.5) is 0 Å². The molecule has 0 aliphatic carbocycles. The summed E-state index contributed by atoms with van der Waals surface area (Å²) in [4.78, 5) is 0. The molecule has 0 aliphatic heterocycles. The Balaban J connectivity index is 2.59. The Morgan fingerprint density at radius 2 is 0.870 bits per heavy atom. The van der Waals surface area contributed by atoms with Gasteiger partial charge in [-0.1, -0.05) is 38.1 Å². The molecule has 0 N–H and O–H groups in total. The zero-order chi connectivity index (χ0) is 17.4. The molecule has 0 spiro atoms. The molecule has 0 amide bonds. The zero-order valence-electron chi connectivity index (χ0n) is 15.6. The topological polar surface area (TPSA) is 18.5 Å². The van der Waals surface area contributed by atoms with Crippen LogP contribution in [-0.2, 0) is 5.41 Å². The summed E-state index contributed by atoms with van der Waals surface area (Å²) in [5.41, 5.74) is 7.24. The van der Waals surface area contributed by atoms with E-state index in [-0.39, 0.29) is 5.41 Å². The number of hydrogen-bond donors (Lipinski definition) is 0. The molecule has 0 bridgehead atoms. The number of methoxy groups -OCH3 is 2. The Bertz CT molecular complexity index is 619. The molecule has 2 aromatic rings. The fourth-order valence-corrected chi connectivity index (χ4v) is 3.43. The molecule has 0 unspecified atom stereocenters. The van der Waals surface area contributed by atoms with Gasteiger partial charge >= 0.3 is 0 Å². The van der Waals surface area contributed by atoms with Gasteiger partial charge in [0.15, 0.2) is 0 Å². The van der Waals surface area contributed by atoms with Crippen molar-refractivity contribution in [3.8, 4) is 11.5 Å². The number of hydrogen-bond acceptors (Lipinski definition) is 2. The monoisotopic (exact) mass is 312 g/mol. The van der Waals surface area contributed by atoms with Crippen LogP contribution in [0.5, 0.6) is 11.5 Å². The van der Waals surface area contributed by atoms with Gasteiger partial charge in [0.2, 0.25) is 0 Å².